The lowest BCUT2D eigenvalue weighted by molar-refractivity contribution is -0.870. The topological polar surface area (TPSA) is 111 Å². The van der Waals surface area contributed by atoms with Gasteiger partial charge in [0.2, 0.25) is 0 Å². The Hall–Kier alpha value is -2.75. The summed E-state index contributed by atoms with van der Waals surface area (Å²) in [6.45, 7) is 4.60. The summed E-state index contributed by atoms with van der Waals surface area (Å²) in [6, 6.07) is 0. The van der Waals surface area contributed by atoms with Gasteiger partial charge < -0.3 is 33.3 Å². The largest absolute Gasteiger partial charge is 0.545 e. The van der Waals surface area contributed by atoms with Crippen molar-refractivity contribution in [3.63, 3.8) is 0 Å². The van der Waals surface area contributed by atoms with Gasteiger partial charge in [0.15, 0.2) is 12.4 Å². The van der Waals surface area contributed by atoms with Crippen LogP contribution in [-0.2, 0) is 33.3 Å². The molecule has 66 heavy (non-hydrogen) atoms. The van der Waals surface area contributed by atoms with Crippen molar-refractivity contribution in [2.75, 3.05) is 47.5 Å². The molecule has 0 rings (SSSR count). The average Bonchev–Trinajstić information content (AvgIpc) is 3.28. The number of ether oxygens (including phenoxy) is 4. The maximum Gasteiger partial charge on any atom is 0.306 e. The Bertz CT molecular complexity index is 1220. The van der Waals surface area contributed by atoms with E-state index < -0.39 is 24.3 Å². The van der Waals surface area contributed by atoms with Gasteiger partial charge in [0, 0.05) is 12.8 Å². The molecule has 0 aliphatic carbocycles. The summed E-state index contributed by atoms with van der Waals surface area (Å²) < 4.78 is 22.6. The van der Waals surface area contributed by atoms with Gasteiger partial charge in [-0.15, -0.1) is 0 Å². The number of carboxylic acid groups (broad SMARTS) is 1. The van der Waals surface area contributed by atoms with E-state index in [1.807, 2.05) is 21.1 Å². The Labute approximate surface area is 406 Å². The van der Waals surface area contributed by atoms with Crippen molar-refractivity contribution < 1.29 is 42.9 Å². The van der Waals surface area contributed by atoms with E-state index >= 15 is 0 Å². The van der Waals surface area contributed by atoms with Gasteiger partial charge in [-0.3, -0.25) is 9.59 Å². The number of allylic oxidation sites excluding steroid dienone is 8. The molecule has 0 aromatic carbocycles. The fourth-order valence-corrected chi connectivity index (χ4v) is 7.65. The molecule has 0 saturated heterocycles. The number of hydrogen-bond acceptors (Lipinski definition) is 8. The molecule has 0 aliphatic heterocycles. The Morgan fingerprint density at radius 2 is 0.864 bits per heavy atom. The van der Waals surface area contributed by atoms with Gasteiger partial charge in [0.25, 0.3) is 0 Å². The number of esters is 2. The SMILES string of the molecule is CC/C=C\C/C=C\C/C=C\C/C=C\CCCCC(=O)OC(COC(=O)CCCCCCCCCCCCCCCCCCCCCCCCCCCC)COC(OCC[N+](C)(C)C)C(=O)[O-]. The second kappa shape index (κ2) is 48.7. The molecule has 2 unspecified atom stereocenters. The van der Waals surface area contributed by atoms with Crippen LogP contribution >= 0.6 is 0 Å². The third-order valence-electron chi connectivity index (χ3n) is 11.8. The van der Waals surface area contributed by atoms with Crippen molar-refractivity contribution in [2.24, 2.45) is 0 Å². The van der Waals surface area contributed by atoms with Crippen LogP contribution in [0.5, 0.6) is 0 Å². The minimum atomic E-state index is -1.63. The molecule has 2 atom stereocenters. The van der Waals surface area contributed by atoms with Crippen molar-refractivity contribution in [1.29, 1.82) is 0 Å². The van der Waals surface area contributed by atoms with E-state index in [1.54, 1.807) is 0 Å². The van der Waals surface area contributed by atoms with E-state index in [2.05, 4.69) is 62.5 Å². The molecule has 0 aliphatic rings. The molecule has 0 spiro atoms. The number of quaternary nitrogens is 1. The molecule has 0 aromatic heterocycles. The van der Waals surface area contributed by atoms with Crippen LogP contribution in [0.1, 0.15) is 239 Å². The summed E-state index contributed by atoms with van der Waals surface area (Å²) in [4.78, 5) is 37.1. The molecule has 0 aromatic rings. The zero-order valence-electron chi connectivity index (χ0n) is 43.6. The van der Waals surface area contributed by atoms with Crippen LogP contribution in [0.25, 0.3) is 0 Å². The number of rotatable bonds is 50. The molecular weight excluding hydrogens is 827 g/mol. The van der Waals surface area contributed by atoms with Gasteiger partial charge in [0.05, 0.1) is 40.3 Å². The Morgan fingerprint density at radius 3 is 1.29 bits per heavy atom. The molecule has 0 heterocycles. The second-order valence-electron chi connectivity index (χ2n) is 19.5. The third-order valence-corrected chi connectivity index (χ3v) is 11.8. The zero-order chi connectivity index (χ0) is 48.4. The molecule has 9 heteroatoms. The van der Waals surface area contributed by atoms with E-state index in [0.29, 0.717) is 17.4 Å². The predicted octanol–water partition coefficient (Wildman–Crippen LogP) is 14.2. The zero-order valence-corrected chi connectivity index (χ0v) is 43.6. The van der Waals surface area contributed by atoms with Crippen LogP contribution in [-0.4, -0.2) is 82.3 Å². The van der Waals surface area contributed by atoms with E-state index in [1.165, 1.54) is 148 Å². The van der Waals surface area contributed by atoms with E-state index in [0.717, 1.165) is 57.8 Å². The summed E-state index contributed by atoms with van der Waals surface area (Å²) in [5, 5.41) is 11.7. The lowest BCUT2D eigenvalue weighted by Gasteiger charge is -2.26. The highest BCUT2D eigenvalue weighted by Gasteiger charge is 2.22. The highest BCUT2D eigenvalue weighted by atomic mass is 16.7. The normalized spacial score (nSPS) is 13.2. The highest BCUT2D eigenvalue weighted by Crippen LogP contribution is 2.17. The first kappa shape index (κ1) is 63.2. The number of carboxylic acids is 1. The lowest BCUT2D eigenvalue weighted by atomic mass is 10.0. The van der Waals surface area contributed by atoms with Crippen LogP contribution in [0.4, 0.5) is 0 Å². The first-order chi connectivity index (χ1) is 32.1. The first-order valence-corrected chi connectivity index (χ1v) is 27.3. The van der Waals surface area contributed by atoms with Gasteiger partial charge in [-0.25, -0.2) is 0 Å². The molecular formula is C57H103NO8. The predicted molar refractivity (Wildman–Crippen MR) is 274 cm³/mol. The molecule has 0 saturated carbocycles. The lowest BCUT2D eigenvalue weighted by Crippen LogP contribution is -2.44. The molecule has 0 radical (unpaired) electrons. The van der Waals surface area contributed by atoms with Crippen LogP contribution in [0, 0.1) is 0 Å². The molecule has 384 valence electrons. The minimum absolute atomic E-state index is 0.139. The van der Waals surface area contributed by atoms with Crippen molar-refractivity contribution in [3.05, 3.63) is 48.6 Å². The number of likely N-dealkylation sites (N-methyl/N-ethyl adjacent to an activating group) is 1. The monoisotopic (exact) mass is 930 g/mol. The minimum Gasteiger partial charge on any atom is -0.545 e. The maximum atomic E-state index is 12.8. The molecule has 0 fully saturated rings. The van der Waals surface area contributed by atoms with Gasteiger partial charge >= 0.3 is 11.9 Å². The fourth-order valence-electron chi connectivity index (χ4n) is 7.65. The van der Waals surface area contributed by atoms with E-state index in [9.17, 15) is 19.5 Å². The van der Waals surface area contributed by atoms with Crippen LogP contribution < -0.4 is 5.11 Å². The molecule has 0 N–H and O–H groups in total. The van der Waals surface area contributed by atoms with Crippen molar-refractivity contribution in [3.8, 4) is 0 Å². The smallest absolute Gasteiger partial charge is 0.306 e. The first-order valence-electron chi connectivity index (χ1n) is 27.3. The quantitative estimate of drug-likeness (QED) is 0.0195. The Morgan fingerprint density at radius 1 is 0.470 bits per heavy atom. The number of nitrogens with zero attached hydrogens (tertiary/aromatic N) is 1. The maximum absolute atomic E-state index is 12.8. The number of aliphatic carboxylic acids is 1. The average molecular weight is 930 g/mol. The molecule has 0 bridgehead atoms. The highest BCUT2D eigenvalue weighted by molar-refractivity contribution is 5.70. The summed E-state index contributed by atoms with van der Waals surface area (Å²) >= 11 is 0. The van der Waals surface area contributed by atoms with Gasteiger partial charge in [-0.1, -0.05) is 223 Å². The van der Waals surface area contributed by atoms with Crippen LogP contribution in [0.2, 0.25) is 0 Å². The summed E-state index contributed by atoms with van der Waals surface area (Å²) in [5.74, 6) is -2.33. The van der Waals surface area contributed by atoms with E-state index in [4.69, 9.17) is 18.9 Å². The van der Waals surface area contributed by atoms with Gasteiger partial charge in [0.1, 0.15) is 13.2 Å². The standard InChI is InChI=1S/C57H103NO8/c1-6-8-10-12-14-16-18-20-22-23-24-25-26-27-28-29-30-31-32-34-35-37-39-41-43-45-47-54(59)64-51-53(52-65-57(56(61)62)63-50-49-58(3,4)5)66-55(60)48-46-44-42-40-38-36-33-21-19-17-15-13-11-9-7-2/h9,11,15,17,21,33,38,40,53,57H,6-8,10,12-14,16,18-20,22-32,34-37,39,41-52H2,1-5H3/b11-9-,17-15-,33-21-,40-38-. The van der Waals surface area contributed by atoms with Crippen molar-refractivity contribution >= 4 is 17.9 Å². The van der Waals surface area contributed by atoms with E-state index in [-0.39, 0.29) is 38.6 Å². The fraction of sp³-hybridized carbons (Fsp3) is 0.807. The molecule has 0 amide bonds. The Kier molecular flexibility index (Phi) is 46.7. The van der Waals surface area contributed by atoms with Crippen molar-refractivity contribution in [1.82, 2.24) is 0 Å². The number of hydrogen-bond donors (Lipinski definition) is 0. The van der Waals surface area contributed by atoms with Crippen LogP contribution in [0.15, 0.2) is 48.6 Å². The second-order valence-corrected chi connectivity index (χ2v) is 19.5. The number of unbranched alkanes of at least 4 members (excludes halogenated alkanes) is 27. The van der Waals surface area contributed by atoms with Gasteiger partial charge in [-0.05, 0) is 51.4 Å². The summed E-state index contributed by atoms with van der Waals surface area (Å²) in [6.07, 6.45) is 56.0. The number of carbonyl (C=O) groups is 3. The summed E-state index contributed by atoms with van der Waals surface area (Å²) in [7, 11) is 5.90. The summed E-state index contributed by atoms with van der Waals surface area (Å²) in [5.41, 5.74) is 0. The van der Waals surface area contributed by atoms with Crippen LogP contribution in [0.3, 0.4) is 0 Å². The van der Waals surface area contributed by atoms with Crippen molar-refractivity contribution in [2.45, 2.75) is 251 Å². The molecule has 9 nitrogen and oxygen atoms in total. The third kappa shape index (κ3) is 49.2. The van der Waals surface area contributed by atoms with Gasteiger partial charge in [-0.2, -0.15) is 0 Å². The number of carbonyl (C=O) groups excluding carboxylic acids is 3. The Balaban J connectivity index is 4.22.